The number of nitrogens with two attached hydrogens (primary N) is 1. The molecule has 0 aromatic carbocycles. The summed E-state index contributed by atoms with van der Waals surface area (Å²) in [7, 11) is 0. The van der Waals surface area contributed by atoms with Crippen molar-refractivity contribution in [1.82, 2.24) is 0 Å². The summed E-state index contributed by atoms with van der Waals surface area (Å²) in [4.78, 5) is 10.6. The Morgan fingerprint density at radius 2 is 2.36 bits per heavy atom. The maximum atomic E-state index is 10.6. The van der Waals surface area contributed by atoms with Gasteiger partial charge in [-0.2, -0.15) is 12.6 Å². The van der Waals surface area contributed by atoms with Crippen LogP contribution >= 0.6 is 12.6 Å². The van der Waals surface area contributed by atoms with Gasteiger partial charge in [0.25, 0.3) is 0 Å². The fourth-order valence-electron chi connectivity index (χ4n) is 0.386. The minimum absolute atomic E-state index is 0.291. The molecule has 0 saturated carbocycles. The van der Waals surface area contributed by atoms with E-state index < -0.39 is 23.4 Å². The topological polar surface area (TPSA) is 92.5 Å². The van der Waals surface area contributed by atoms with Crippen LogP contribution in [0.2, 0.25) is 0 Å². The average Bonchev–Trinajstić information content (AvgIpc) is 1.86. The van der Waals surface area contributed by atoms with Gasteiger partial charge >= 0.3 is 5.97 Å². The zero-order valence-electron chi connectivity index (χ0n) is 5.56. The van der Waals surface area contributed by atoms with Gasteiger partial charge < -0.3 is 14.5 Å². The first-order chi connectivity index (χ1) is 5.07. The van der Waals surface area contributed by atoms with Crippen molar-refractivity contribution < 1.29 is 17.7 Å². The maximum Gasteiger partial charge on any atom is 0.336 e. The summed E-state index contributed by atoms with van der Waals surface area (Å²) >= 11 is 0.979. The van der Waals surface area contributed by atoms with E-state index in [1.807, 2.05) is 0 Å². The van der Waals surface area contributed by atoms with Crippen LogP contribution in [0.15, 0.2) is 0 Å². The van der Waals surface area contributed by atoms with Crippen LogP contribution in [0.4, 0.5) is 0 Å². The third-order valence-electron chi connectivity index (χ3n) is 0.893. The number of carbonyl (C=O) groups excluding carboxylic acids is 1. The van der Waals surface area contributed by atoms with Gasteiger partial charge in [0.2, 0.25) is 0 Å². The van der Waals surface area contributed by atoms with Crippen molar-refractivity contribution in [2.45, 2.75) is 12.5 Å². The lowest BCUT2D eigenvalue weighted by Crippen LogP contribution is -2.33. The van der Waals surface area contributed by atoms with Crippen molar-refractivity contribution >= 4 is 30.0 Å². The van der Waals surface area contributed by atoms with Gasteiger partial charge in [-0.3, -0.25) is 0 Å². The predicted molar refractivity (Wildman–Crippen MR) is 41.5 cm³/mol. The fraction of sp³-hybridized carbons (Fsp3) is 0.750. The molecule has 0 aromatic heterocycles. The van der Waals surface area contributed by atoms with Gasteiger partial charge in [0, 0.05) is 0 Å². The predicted octanol–water partition coefficient (Wildman–Crippen LogP) is -1.03. The van der Waals surface area contributed by atoms with Crippen molar-refractivity contribution in [2.75, 3.05) is 5.75 Å². The lowest BCUT2D eigenvalue weighted by molar-refractivity contribution is -0.135. The summed E-state index contributed by atoms with van der Waals surface area (Å²) in [5, 5.41) is 0. The summed E-state index contributed by atoms with van der Waals surface area (Å²) in [6, 6.07) is -0.912. The highest BCUT2D eigenvalue weighted by molar-refractivity contribution is 7.80. The quantitative estimate of drug-likeness (QED) is 0.445. The van der Waals surface area contributed by atoms with E-state index in [1.54, 1.807) is 0 Å². The Kier molecular flexibility index (Phi) is 5.47. The highest BCUT2D eigenvalue weighted by Gasteiger charge is 2.13. The largest absolute Gasteiger partial charge is 0.740 e. The molecular formula is C4H8NO4S2-. The van der Waals surface area contributed by atoms with Gasteiger partial charge in [-0.15, -0.1) is 0 Å². The van der Waals surface area contributed by atoms with Crippen molar-refractivity contribution in [3.63, 3.8) is 0 Å². The second-order valence-electron chi connectivity index (χ2n) is 1.73. The molecule has 11 heavy (non-hydrogen) atoms. The Morgan fingerprint density at radius 1 is 1.82 bits per heavy atom. The van der Waals surface area contributed by atoms with Gasteiger partial charge in [0.15, 0.2) is 0 Å². The van der Waals surface area contributed by atoms with Gasteiger partial charge in [-0.05, 0) is 12.2 Å². The van der Waals surface area contributed by atoms with Crippen molar-refractivity contribution in [3.05, 3.63) is 0 Å². The fourth-order valence-corrected chi connectivity index (χ4v) is 0.922. The van der Waals surface area contributed by atoms with E-state index in [0.717, 1.165) is 0 Å². The van der Waals surface area contributed by atoms with Crippen molar-refractivity contribution in [2.24, 2.45) is 5.73 Å². The molecule has 0 radical (unpaired) electrons. The number of hydrogen-bond acceptors (Lipinski definition) is 6. The zero-order valence-corrected chi connectivity index (χ0v) is 7.27. The van der Waals surface area contributed by atoms with Gasteiger partial charge in [0.1, 0.15) is 17.4 Å². The molecule has 0 rings (SSSR count). The first-order valence-corrected chi connectivity index (χ1v) is 4.39. The van der Waals surface area contributed by atoms with E-state index in [-0.39, 0.29) is 0 Å². The van der Waals surface area contributed by atoms with Crippen LogP contribution in [-0.2, 0) is 20.3 Å². The van der Waals surface area contributed by atoms with Crippen molar-refractivity contribution in [3.8, 4) is 0 Å². The molecule has 0 spiro atoms. The minimum Gasteiger partial charge on any atom is -0.740 e. The molecule has 0 amide bonds. The second-order valence-corrected chi connectivity index (χ2v) is 2.75. The first-order valence-electron chi connectivity index (χ1n) is 2.75. The molecule has 0 aliphatic heterocycles. The van der Waals surface area contributed by atoms with E-state index >= 15 is 0 Å². The molecule has 7 heteroatoms. The monoisotopic (exact) mass is 198 g/mol. The standard InChI is InChI=1S/C4H9NO4S2/c5-3(1-2-10)4(6)9-11(7)8/h3,10H,1-2,5H2,(H,7,8)/p-1/t3-/m0/s1. The van der Waals surface area contributed by atoms with E-state index in [4.69, 9.17) is 5.73 Å². The van der Waals surface area contributed by atoms with Crippen LogP contribution in [0.25, 0.3) is 0 Å². The number of rotatable bonds is 4. The molecule has 2 atom stereocenters. The first kappa shape index (κ1) is 10.9. The number of hydrogen-bond donors (Lipinski definition) is 2. The number of thiol groups is 1. The molecular weight excluding hydrogens is 190 g/mol. The summed E-state index contributed by atoms with van der Waals surface area (Å²) in [6.07, 6.45) is 0.291. The Bertz CT molecular complexity index is 162. The molecule has 0 aliphatic rings. The highest BCUT2D eigenvalue weighted by atomic mass is 32.2. The van der Waals surface area contributed by atoms with Crippen LogP contribution in [0.5, 0.6) is 0 Å². The van der Waals surface area contributed by atoms with Crippen molar-refractivity contribution in [1.29, 1.82) is 0 Å². The molecule has 0 fully saturated rings. The Hall–Kier alpha value is -0.110. The molecule has 0 saturated heterocycles. The van der Waals surface area contributed by atoms with Crippen LogP contribution in [0, 0.1) is 0 Å². The molecule has 2 N–H and O–H groups in total. The SMILES string of the molecule is N[C@@H](CCS)C(=O)OS(=O)[O-]. The van der Waals surface area contributed by atoms with Gasteiger partial charge in [-0.25, -0.2) is 9.00 Å². The third-order valence-corrected chi connectivity index (χ3v) is 1.45. The van der Waals surface area contributed by atoms with Crippen LogP contribution in [0.3, 0.4) is 0 Å². The highest BCUT2D eigenvalue weighted by Crippen LogP contribution is 1.94. The Labute approximate surface area is 72.2 Å². The maximum absolute atomic E-state index is 10.6. The molecule has 0 aliphatic carbocycles. The molecule has 1 unspecified atom stereocenters. The molecule has 66 valence electrons. The zero-order chi connectivity index (χ0) is 8.85. The summed E-state index contributed by atoms with van der Waals surface area (Å²) in [5.41, 5.74) is 5.18. The second kappa shape index (κ2) is 5.53. The molecule has 0 heterocycles. The van der Waals surface area contributed by atoms with Crippen LogP contribution in [-0.4, -0.2) is 26.5 Å². The van der Waals surface area contributed by atoms with Crippen LogP contribution < -0.4 is 5.73 Å². The molecule has 5 nitrogen and oxygen atoms in total. The smallest absolute Gasteiger partial charge is 0.336 e. The average molecular weight is 198 g/mol. The Balaban J connectivity index is 3.73. The van der Waals surface area contributed by atoms with E-state index in [2.05, 4.69) is 16.8 Å². The molecule has 0 aromatic rings. The van der Waals surface area contributed by atoms with E-state index in [1.165, 1.54) is 0 Å². The summed E-state index contributed by atoms with van der Waals surface area (Å²) < 4.78 is 23.4. The minimum atomic E-state index is -2.82. The van der Waals surface area contributed by atoms with Gasteiger partial charge in [0.05, 0.1) is 0 Å². The summed E-state index contributed by atoms with van der Waals surface area (Å²) in [5.74, 6) is -0.547. The normalized spacial score (nSPS) is 15.5. The van der Waals surface area contributed by atoms with Crippen LogP contribution in [0.1, 0.15) is 6.42 Å². The lowest BCUT2D eigenvalue weighted by atomic mass is 10.2. The van der Waals surface area contributed by atoms with E-state index in [0.29, 0.717) is 12.2 Å². The Morgan fingerprint density at radius 3 is 2.73 bits per heavy atom. The third kappa shape index (κ3) is 5.19. The number of carbonyl (C=O) groups is 1. The summed E-state index contributed by atoms with van der Waals surface area (Å²) in [6.45, 7) is 0. The lowest BCUT2D eigenvalue weighted by Gasteiger charge is -2.09. The van der Waals surface area contributed by atoms with E-state index in [9.17, 15) is 13.6 Å². The van der Waals surface area contributed by atoms with Gasteiger partial charge in [-0.1, -0.05) is 0 Å². The molecule has 0 bridgehead atoms.